The molecule has 0 saturated heterocycles. The molecular weight excluding hydrogens is 444 g/mol. The number of aliphatic hydroxyl groups is 1. The van der Waals surface area contributed by atoms with E-state index in [2.05, 4.69) is 22.4 Å². The monoisotopic (exact) mass is 476 g/mol. The molecule has 3 heterocycles. The normalized spacial score (nSPS) is 14.4. The summed E-state index contributed by atoms with van der Waals surface area (Å²) in [5.74, 6) is 1.74. The number of nitrogens with one attached hydrogen (secondary N) is 1. The van der Waals surface area contributed by atoms with Crippen LogP contribution in [0.25, 0.3) is 28.2 Å². The van der Waals surface area contributed by atoms with E-state index >= 15 is 0 Å². The average molecular weight is 477 g/mol. The number of aliphatic hydroxyl groups excluding tert-OH is 1. The van der Waals surface area contributed by atoms with Crippen LogP contribution in [-0.4, -0.2) is 58.8 Å². The lowest BCUT2D eigenvalue weighted by Gasteiger charge is -2.16. The van der Waals surface area contributed by atoms with Crippen molar-refractivity contribution in [2.24, 2.45) is 4.99 Å². The van der Waals surface area contributed by atoms with Crippen molar-refractivity contribution < 1.29 is 14.4 Å². The topological polar surface area (TPSA) is 132 Å². The number of benzene rings is 1. The van der Waals surface area contributed by atoms with E-state index in [-0.39, 0.29) is 6.61 Å². The lowest BCUT2D eigenvalue weighted by Crippen LogP contribution is -2.29. The van der Waals surface area contributed by atoms with Crippen LogP contribution in [0.15, 0.2) is 33.3 Å². The zero-order chi connectivity index (χ0) is 25.3. The van der Waals surface area contributed by atoms with E-state index in [0.717, 1.165) is 45.1 Å². The smallest absolute Gasteiger partial charge is 0.160 e. The molecule has 1 atom stereocenters. The predicted molar refractivity (Wildman–Crippen MR) is 138 cm³/mol. The van der Waals surface area contributed by atoms with Crippen molar-refractivity contribution in [3.8, 4) is 28.4 Å². The van der Waals surface area contributed by atoms with E-state index in [9.17, 15) is 5.11 Å². The molecule has 0 bridgehead atoms. The van der Waals surface area contributed by atoms with Crippen LogP contribution in [0.2, 0.25) is 0 Å². The number of anilines is 1. The van der Waals surface area contributed by atoms with Gasteiger partial charge in [0.25, 0.3) is 0 Å². The molecule has 0 spiro atoms. The summed E-state index contributed by atoms with van der Waals surface area (Å²) < 4.78 is 11.3. The van der Waals surface area contributed by atoms with Gasteiger partial charge >= 0.3 is 0 Å². The van der Waals surface area contributed by atoms with Crippen LogP contribution in [0.1, 0.15) is 36.6 Å². The number of nitrogens with zero attached hydrogens (tertiary/aromatic N) is 4. The molecule has 1 aliphatic heterocycles. The molecular formula is C26H32N6O3. The summed E-state index contributed by atoms with van der Waals surface area (Å²) in [6.45, 7) is 11.1. The van der Waals surface area contributed by atoms with Crippen LogP contribution in [-0.2, 0) is 0 Å². The van der Waals surface area contributed by atoms with Crippen LogP contribution >= 0.6 is 0 Å². The zero-order valence-corrected chi connectivity index (χ0v) is 21.1. The number of nitrogen functional groups attached to an aromatic ring is 1. The molecule has 1 aliphatic rings. The summed E-state index contributed by atoms with van der Waals surface area (Å²) in [6, 6.07) is 5.38. The number of ether oxygens (including phenoxy) is 1. The van der Waals surface area contributed by atoms with Crippen LogP contribution in [0, 0.1) is 20.8 Å². The van der Waals surface area contributed by atoms with Crippen molar-refractivity contribution in [1.29, 1.82) is 0 Å². The summed E-state index contributed by atoms with van der Waals surface area (Å²) in [6.07, 6.45) is -0.641. The maximum atomic E-state index is 10.0. The van der Waals surface area contributed by atoms with Gasteiger partial charge < -0.3 is 25.4 Å². The van der Waals surface area contributed by atoms with Gasteiger partial charge in [0.05, 0.1) is 29.2 Å². The highest BCUT2D eigenvalue weighted by Crippen LogP contribution is 2.36. The Hall–Kier alpha value is -3.56. The van der Waals surface area contributed by atoms with Gasteiger partial charge in [0, 0.05) is 40.7 Å². The Balaban J connectivity index is 1.87. The summed E-state index contributed by atoms with van der Waals surface area (Å²) >= 11 is 0. The molecule has 0 amide bonds. The van der Waals surface area contributed by atoms with E-state index in [1.807, 2.05) is 39.8 Å². The largest absolute Gasteiger partial charge is 0.491 e. The van der Waals surface area contributed by atoms with Crippen molar-refractivity contribution in [2.45, 2.75) is 40.7 Å². The fraction of sp³-hybridized carbons (Fsp3) is 0.385. The highest BCUT2D eigenvalue weighted by molar-refractivity contribution is 6.25. The van der Waals surface area contributed by atoms with Gasteiger partial charge in [-0.2, -0.15) is 0 Å². The highest BCUT2D eigenvalue weighted by Gasteiger charge is 2.25. The van der Waals surface area contributed by atoms with Crippen molar-refractivity contribution in [3.05, 3.63) is 46.5 Å². The molecule has 4 rings (SSSR count). The number of nitrogens with two attached hydrogens (primary N) is 1. The number of allylic oxidation sites excluding steroid dienone is 1. The quantitative estimate of drug-likeness (QED) is 0.421. The first-order valence-corrected chi connectivity index (χ1v) is 11.6. The molecule has 35 heavy (non-hydrogen) atoms. The van der Waals surface area contributed by atoms with Crippen LogP contribution in [0.5, 0.6) is 5.75 Å². The van der Waals surface area contributed by atoms with Crippen molar-refractivity contribution >= 4 is 17.0 Å². The minimum absolute atomic E-state index is 0.135. The number of hydrogen-bond donors (Lipinski definition) is 3. The van der Waals surface area contributed by atoms with E-state index in [1.165, 1.54) is 0 Å². The first kappa shape index (κ1) is 24.6. The summed E-state index contributed by atoms with van der Waals surface area (Å²) in [5, 5.41) is 17.1. The Bertz CT molecular complexity index is 1310. The maximum absolute atomic E-state index is 10.0. The minimum atomic E-state index is -0.641. The molecule has 9 nitrogen and oxygen atoms in total. The number of rotatable bonds is 8. The standard InChI is InChI=1S/C26H32N6O3/c1-13-10-29-15(3)22(13)24-14(2)25(23-16(4)32-35-17(23)5)31-26(30-24)18-7-19(27)9-21(8-18)34-12-20(33)11-28-6/h7-9,20,28,33H,10-12,27H2,1-6H3. The molecule has 9 heteroatoms. The molecule has 4 N–H and O–H groups in total. The van der Waals surface area contributed by atoms with E-state index in [4.69, 9.17) is 25.0 Å². The van der Waals surface area contributed by atoms with Gasteiger partial charge in [0.1, 0.15) is 24.2 Å². The molecule has 3 aromatic rings. The minimum Gasteiger partial charge on any atom is -0.491 e. The molecule has 1 unspecified atom stereocenters. The average Bonchev–Trinajstić information content (AvgIpc) is 3.32. The molecule has 0 saturated carbocycles. The van der Waals surface area contributed by atoms with Gasteiger partial charge in [-0.25, -0.2) is 9.97 Å². The van der Waals surface area contributed by atoms with Crippen LogP contribution < -0.4 is 15.8 Å². The van der Waals surface area contributed by atoms with E-state index in [1.54, 1.807) is 13.1 Å². The number of aromatic nitrogens is 3. The third-order valence-corrected chi connectivity index (χ3v) is 6.06. The fourth-order valence-corrected chi connectivity index (χ4v) is 4.35. The summed E-state index contributed by atoms with van der Waals surface area (Å²) in [7, 11) is 1.78. The van der Waals surface area contributed by atoms with Gasteiger partial charge in [0.2, 0.25) is 0 Å². The van der Waals surface area contributed by atoms with Gasteiger partial charge in [-0.3, -0.25) is 4.99 Å². The SMILES string of the molecule is CNCC(O)COc1cc(N)cc(-c2nc(C3=C(C)CN=C3C)c(C)c(-c3c(C)noc3C)n2)c1. The number of hydrogen-bond acceptors (Lipinski definition) is 9. The second-order valence-corrected chi connectivity index (χ2v) is 8.94. The van der Waals surface area contributed by atoms with Gasteiger partial charge in [-0.15, -0.1) is 0 Å². The Morgan fingerprint density at radius 3 is 2.49 bits per heavy atom. The Labute approximate surface area is 205 Å². The predicted octanol–water partition coefficient (Wildman–Crippen LogP) is 3.51. The fourth-order valence-electron chi connectivity index (χ4n) is 4.35. The number of aryl methyl sites for hydroxylation is 2. The number of aliphatic imine (C=N–C) groups is 1. The summed E-state index contributed by atoms with van der Waals surface area (Å²) in [5.41, 5.74) is 14.7. The summed E-state index contributed by atoms with van der Waals surface area (Å²) in [4.78, 5) is 14.6. The molecule has 1 aromatic carbocycles. The third kappa shape index (κ3) is 4.96. The lowest BCUT2D eigenvalue weighted by molar-refractivity contribution is 0.108. The van der Waals surface area contributed by atoms with Crippen molar-refractivity contribution in [3.63, 3.8) is 0 Å². The Morgan fingerprint density at radius 2 is 1.86 bits per heavy atom. The second kappa shape index (κ2) is 9.97. The van der Waals surface area contributed by atoms with Crippen LogP contribution in [0.3, 0.4) is 0 Å². The van der Waals surface area contributed by atoms with Crippen LogP contribution in [0.4, 0.5) is 5.69 Å². The third-order valence-electron chi connectivity index (χ3n) is 6.06. The molecule has 184 valence electrons. The first-order valence-electron chi connectivity index (χ1n) is 11.6. The van der Waals surface area contributed by atoms with Crippen molar-refractivity contribution in [2.75, 3.05) is 32.5 Å². The van der Waals surface area contributed by atoms with E-state index in [0.29, 0.717) is 41.7 Å². The van der Waals surface area contributed by atoms with Gasteiger partial charge in [0.15, 0.2) is 5.82 Å². The zero-order valence-electron chi connectivity index (χ0n) is 21.1. The highest BCUT2D eigenvalue weighted by atomic mass is 16.5. The first-order chi connectivity index (χ1) is 16.7. The number of likely N-dealkylation sites (N-methyl/N-ethyl adjacent to an activating group) is 1. The maximum Gasteiger partial charge on any atom is 0.160 e. The Kier molecular flexibility index (Phi) is 7.00. The second-order valence-electron chi connectivity index (χ2n) is 8.94. The van der Waals surface area contributed by atoms with E-state index < -0.39 is 6.10 Å². The molecule has 2 aromatic heterocycles. The molecule has 0 fully saturated rings. The molecule has 0 aliphatic carbocycles. The molecule has 0 radical (unpaired) electrons. The lowest BCUT2D eigenvalue weighted by atomic mass is 9.96. The van der Waals surface area contributed by atoms with Gasteiger partial charge in [-0.1, -0.05) is 5.16 Å². The van der Waals surface area contributed by atoms with Crippen molar-refractivity contribution in [1.82, 2.24) is 20.4 Å². The van der Waals surface area contributed by atoms with Gasteiger partial charge in [-0.05, 0) is 59.4 Å². The Morgan fingerprint density at radius 1 is 1.11 bits per heavy atom.